The first kappa shape index (κ1) is 19.4. The number of anilines is 2. The van der Waals surface area contributed by atoms with Crippen LogP contribution in [0.4, 0.5) is 11.6 Å². The van der Waals surface area contributed by atoms with Gasteiger partial charge in [0.1, 0.15) is 5.75 Å². The van der Waals surface area contributed by atoms with Crippen LogP contribution in [0.5, 0.6) is 5.75 Å². The maximum atomic E-state index is 12.9. The summed E-state index contributed by atoms with van der Waals surface area (Å²) in [6, 6.07) is 8.00. The Bertz CT molecular complexity index is 842. The molecule has 1 aliphatic rings. The number of benzene rings is 1. The van der Waals surface area contributed by atoms with E-state index in [0.29, 0.717) is 25.1 Å². The van der Waals surface area contributed by atoms with Gasteiger partial charge in [-0.05, 0) is 57.4 Å². The Hall–Kier alpha value is -2.34. The standard InChI is InChI=1S/C21H30N4O2/c1-6-27-19-9-7-18(8-10-19)24-13-23(12-11-15(2)3)14-25-20(26)16(4)17(5)22-21(24)25/h7-10,15H,6,11-14H2,1-5H3. The highest BCUT2D eigenvalue weighted by Gasteiger charge is 2.27. The predicted molar refractivity (Wildman–Crippen MR) is 109 cm³/mol. The zero-order valence-corrected chi connectivity index (χ0v) is 17.0. The molecular weight excluding hydrogens is 340 g/mol. The molecule has 146 valence electrons. The van der Waals surface area contributed by atoms with Crippen LogP contribution >= 0.6 is 0 Å². The molecule has 0 N–H and O–H groups in total. The second-order valence-corrected chi connectivity index (χ2v) is 7.57. The normalized spacial score (nSPS) is 14.5. The number of aryl methyl sites for hydroxylation is 1. The SMILES string of the molecule is CCOc1ccc(N2CN(CCC(C)C)Cn3c2nc(C)c(C)c3=O)cc1. The number of hydrogen-bond acceptors (Lipinski definition) is 5. The van der Waals surface area contributed by atoms with Gasteiger partial charge in [0.2, 0.25) is 5.95 Å². The lowest BCUT2D eigenvalue weighted by Crippen LogP contribution is -2.48. The van der Waals surface area contributed by atoms with E-state index in [9.17, 15) is 4.79 Å². The summed E-state index contributed by atoms with van der Waals surface area (Å²) < 4.78 is 7.35. The van der Waals surface area contributed by atoms with E-state index in [1.807, 2.05) is 45.0 Å². The molecule has 0 fully saturated rings. The van der Waals surface area contributed by atoms with E-state index in [1.54, 1.807) is 4.57 Å². The minimum atomic E-state index is 0.0442. The zero-order valence-electron chi connectivity index (χ0n) is 17.0. The Balaban J connectivity index is 2.00. The lowest BCUT2D eigenvalue weighted by molar-refractivity contribution is 0.188. The molecule has 1 aromatic heterocycles. The number of hydrogen-bond donors (Lipinski definition) is 0. The summed E-state index contributed by atoms with van der Waals surface area (Å²) in [5.41, 5.74) is 2.56. The maximum absolute atomic E-state index is 12.9. The fourth-order valence-electron chi connectivity index (χ4n) is 3.25. The van der Waals surface area contributed by atoms with Crippen molar-refractivity contribution in [1.29, 1.82) is 0 Å². The number of ether oxygens (including phenoxy) is 1. The molecule has 0 aliphatic carbocycles. The predicted octanol–water partition coefficient (Wildman–Crippen LogP) is 3.67. The third-order valence-electron chi connectivity index (χ3n) is 5.02. The third kappa shape index (κ3) is 4.16. The Morgan fingerprint density at radius 3 is 2.48 bits per heavy atom. The third-order valence-corrected chi connectivity index (χ3v) is 5.02. The highest BCUT2D eigenvalue weighted by Crippen LogP contribution is 2.29. The van der Waals surface area contributed by atoms with E-state index >= 15 is 0 Å². The van der Waals surface area contributed by atoms with Gasteiger partial charge in [0, 0.05) is 23.5 Å². The van der Waals surface area contributed by atoms with Crippen LogP contribution in [-0.2, 0) is 6.67 Å². The van der Waals surface area contributed by atoms with E-state index in [0.717, 1.165) is 42.3 Å². The summed E-state index contributed by atoms with van der Waals surface area (Å²) in [6.45, 7) is 13.1. The summed E-state index contributed by atoms with van der Waals surface area (Å²) in [7, 11) is 0. The van der Waals surface area contributed by atoms with Crippen LogP contribution < -0.4 is 15.2 Å². The van der Waals surface area contributed by atoms with Crippen molar-refractivity contribution in [1.82, 2.24) is 14.5 Å². The molecule has 0 unspecified atom stereocenters. The van der Waals surface area contributed by atoms with Crippen LogP contribution in [-0.4, -0.2) is 34.3 Å². The fourth-order valence-corrected chi connectivity index (χ4v) is 3.25. The van der Waals surface area contributed by atoms with Gasteiger partial charge in [0.25, 0.3) is 5.56 Å². The molecule has 6 nitrogen and oxygen atoms in total. The summed E-state index contributed by atoms with van der Waals surface area (Å²) >= 11 is 0. The molecule has 0 amide bonds. The van der Waals surface area contributed by atoms with Crippen LogP contribution in [0.2, 0.25) is 0 Å². The number of aromatic nitrogens is 2. The first-order valence-corrected chi connectivity index (χ1v) is 9.71. The van der Waals surface area contributed by atoms with Crippen LogP contribution in [0.1, 0.15) is 38.4 Å². The largest absolute Gasteiger partial charge is 0.494 e. The second-order valence-electron chi connectivity index (χ2n) is 7.57. The molecule has 0 radical (unpaired) electrons. The molecule has 0 saturated carbocycles. The molecule has 0 spiro atoms. The molecule has 1 aliphatic heterocycles. The molecule has 27 heavy (non-hydrogen) atoms. The lowest BCUT2D eigenvalue weighted by atomic mass is 10.1. The van der Waals surface area contributed by atoms with Crippen molar-refractivity contribution >= 4 is 11.6 Å². The van der Waals surface area contributed by atoms with Gasteiger partial charge in [-0.2, -0.15) is 0 Å². The van der Waals surface area contributed by atoms with Gasteiger partial charge in [0.15, 0.2) is 0 Å². The van der Waals surface area contributed by atoms with E-state index in [2.05, 4.69) is 23.6 Å². The van der Waals surface area contributed by atoms with E-state index in [1.165, 1.54) is 0 Å². The molecular formula is C21H30N4O2. The highest BCUT2D eigenvalue weighted by molar-refractivity contribution is 5.59. The van der Waals surface area contributed by atoms with Gasteiger partial charge in [-0.3, -0.25) is 19.2 Å². The topological polar surface area (TPSA) is 50.6 Å². The quantitative estimate of drug-likeness (QED) is 0.776. The Kier molecular flexibility index (Phi) is 5.85. The van der Waals surface area contributed by atoms with E-state index in [4.69, 9.17) is 9.72 Å². The van der Waals surface area contributed by atoms with Gasteiger partial charge in [0.05, 0.1) is 19.9 Å². The molecule has 1 aromatic carbocycles. The first-order valence-electron chi connectivity index (χ1n) is 9.71. The molecule has 0 atom stereocenters. The number of fused-ring (bicyclic) bond motifs is 1. The zero-order chi connectivity index (χ0) is 19.6. The van der Waals surface area contributed by atoms with Gasteiger partial charge in [-0.1, -0.05) is 13.8 Å². The maximum Gasteiger partial charge on any atom is 0.259 e. The molecule has 2 heterocycles. The lowest BCUT2D eigenvalue weighted by Gasteiger charge is -2.38. The second kappa shape index (κ2) is 8.13. The van der Waals surface area contributed by atoms with Crippen molar-refractivity contribution in [2.45, 2.75) is 47.7 Å². The molecule has 0 bridgehead atoms. The minimum Gasteiger partial charge on any atom is -0.494 e. The van der Waals surface area contributed by atoms with Crippen molar-refractivity contribution in [3.8, 4) is 5.75 Å². The Morgan fingerprint density at radius 1 is 1.15 bits per heavy atom. The summed E-state index contributed by atoms with van der Waals surface area (Å²) in [5, 5.41) is 0. The van der Waals surface area contributed by atoms with Crippen molar-refractivity contribution in [2.24, 2.45) is 5.92 Å². The summed E-state index contributed by atoms with van der Waals surface area (Å²) in [4.78, 5) is 22.1. The van der Waals surface area contributed by atoms with Gasteiger partial charge in [-0.25, -0.2) is 4.98 Å². The van der Waals surface area contributed by atoms with Gasteiger partial charge < -0.3 is 4.74 Å². The van der Waals surface area contributed by atoms with Crippen LogP contribution in [0.15, 0.2) is 29.1 Å². The van der Waals surface area contributed by atoms with Gasteiger partial charge >= 0.3 is 0 Å². The van der Waals surface area contributed by atoms with Crippen molar-refractivity contribution in [3.63, 3.8) is 0 Å². The Labute approximate surface area is 161 Å². The smallest absolute Gasteiger partial charge is 0.259 e. The number of rotatable bonds is 6. The summed E-state index contributed by atoms with van der Waals surface area (Å²) in [6.07, 6.45) is 1.10. The summed E-state index contributed by atoms with van der Waals surface area (Å²) in [5.74, 6) is 2.19. The molecule has 6 heteroatoms. The molecule has 2 aromatic rings. The fraction of sp³-hybridized carbons (Fsp3) is 0.524. The monoisotopic (exact) mass is 370 g/mol. The van der Waals surface area contributed by atoms with E-state index < -0.39 is 0 Å². The molecule has 3 rings (SSSR count). The van der Waals surface area contributed by atoms with Crippen molar-refractivity contribution in [3.05, 3.63) is 45.9 Å². The Morgan fingerprint density at radius 2 is 1.85 bits per heavy atom. The minimum absolute atomic E-state index is 0.0442. The highest BCUT2D eigenvalue weighted by atomic mass is 16.5. The van der Waals surface area contributed by atoms with E-state index in [-0.39, 0.29) is 5.56 Å². The average Bonchev–Trinajstić information content (AvgIpc) is 2.65. The van der Waals surface area contributed by atoms with Gasteiger partial charge in [-0.15, -0.1) is 0 Å². The van der Waals surface area contributed by atoms with Crippen LogP contribution in [0, 0.1) is 19.8 Å². The number of nitrogens with zero attached hydrogens (tertiary/aromatic N) is 4. The van der Waals surface area contributed by atoms with Crippen LogP contribution in [0.3, 0.4) is 0 Å². The van der Waals surface area contributed by atoms with Crippen molar-refractivity contribution < 1.29 is 4.74 Å². The average molecular weight is 370 g/mol. The first-order chi connectivity index (χ1) is 12.9. The van der Waals surface area contributed by atoms with Crippen LogP contribution in [0.25, 0.3) is 0 Å². The van der Waals surface area contributed by atoms with Crippen molar-refractivity contribution in [2.75, 3.05) is 24.7 Å². The molecule has 0 saturated heterocycles.